The highest BCUT2D eigenvalue weighted by atomic mass is 32.1. The van der Waals surface area contributed by atoms with Crippen LogP contribution in [-0.2, 0) is 0 Å². The van der Waals surface area contributed by atoms with Gasteiger partial charge in [-0.1, -0.05) is 11.3 Å². The molecule has 1 heterocycles. The summed E-state index contributed by atoms with van der Waals surface area (Å²) in [6, 6.07) is 0.00787. The Balaban J connectivity index is 2.69. The molecule has 1 atom stereocenters. The Morgan fingerprint density at radius 3 is 2.89 bits per heavy atom. The summed E-state index contributed by atoms with van der Waals surface area (Å²) in [4.78, 5) is 18.6. The lowest BCUT2D eigenvalue weighted by Gasteiger charge is -2.12. The summed E-state index contributed by atoms with van der Waals surface area (Å²) in [5, 5.41) is 12.4. The number of nitrogen functional groups attached to an aromatic ring is 1. The van der Waals surface area contributed by atoms with Gasteiger partial charge in [0.1, 0.15) is 10.7 Å². The van der Waals surface area contributed by atoms with E-state index in [0.717, 1.165) is 18.1 Å². The van der Waals surface area contributed by atoms with Gasteiger partial charge < -0.3 is 21.1 Å². The third-order valence-electron chi connectivity index (χ3n) is 2.82. The number of nitrogens with two attached hydrogens (primary N) is 1. The first kappa shape index (κ1) is 15.7. The van der Waals surface area contributed by atoms with Gasteiger partial charge >= 0.3 is 0 Å². The lowest BCUT2D eigenvalue weighted by atomic mass is 10.2. The van der Waals surface area contributed by atoms with Crippen LogP contribution in [0.4, 0.5) is 10.9 Å². The minimum atomic E-state index is -0.198. The van der Waals surface area contributed by atoms with Crippen LogP contribution in [0.3, 0.4) is 0 Å². The summed E-state index contributed by atoms with van der Waals surface area (Å²) in [5.74, 6) is 0.0725. The fraction of sp³-hybridized carbons (Fsp3) is 0.667. The topological polar surface area (TPSA) is 91.5 Å². The molecule has 0 radical (unpaired) electrons. The molecule has 0 aliphatic heterocycles. The van der Waals surface area contributed by atoms with Crippen molar-refractivity contribution in [2.75, 3.05) is 30.8 Å². The summed E-state index contributed by atoms with van der Waals surface area (Å²) < 4.78 is 0. The van der Waals surface area contributed by atoms with E-state index in [2.05, 4.69) is 10.3 Å². The van der Waals surface area contributed by atoms with Crippen molar-refractivity contribution in [2.24, 2.45) is 0 Å². The van der Waals surface area contributed by atoms with Crippen molar-refractivity contribution in [1.82, 2.24) is 10.3 Å². The summed E-state index contributed by atoms with van der Waals surface area (Å²) in [7, 11) is 1.91. The first-order valence-corrected chi connectivity index (χ1v) is 7.20. The van der Waals surface area contributed by atoms with E-state index in [1.54, 1.807) is 0 Å². The van der Waals surface area contributed by atoms with Crippen molar-refractivity contribution in [3.8, 4) is 0 Å². The SMILES string of the molecule is CCN(C)c1nc(N)c(C(=O)NC(C)CCCO)s1. The molecule has 1 rings (SSSR count). The molecule has 1 amide bonds. The molecule has 0 aromatic carbocycles. The van der Waals surface area contributed by atoms with Gasteiger partial charge in [-0.15, -0.1) is 0 Å². The van der Waals surface area contributed by atoms with Crippen molar-refractivity contribution in [3.05, 3.63) is 4.88 Å². The molecule has 6 nitrogen and oxygen atoms in total. The maximum Gasteiger partial charge on any atom is 0.265 e. The molecule has 0 saturated heterocycles. The minimum Gasteiger partial charge on any atom is -0.396 e. The fourth-order valence-electron chi connectivity index (χ4n) is 1.54. The Bertz CT molecular complexity index is 422. The molecule has 108 valence electrons. The largest absolute Gasteiger partial charge is 0.396 e. The van der Waals surface area contributed by atoms with Gasteiger partial charge in [0.15, 0.2) is 5.13 Å². The molecule has 0 aliphatic rings. The highest BCUT2D eigenvalue weighted by Gasteiger charge is 2.18. The van der Waals surface area contributed by atoms with Crippen LogP contribution in [0.15, 0.2) is 0 Å². The van der Waals surface area contributed by atoms with E-state index in [0.29, 0.717) is 11.3 Å². The molecule has 4 N–H and O–H groups in total. The van der Waals surface area contributed by atoms with Gasteiger partial charge in [0.2, 0.25) is 0 Å². The van der Waals surface area contributed by atoms with Crippen LogP contribution in [-0.4, -0.2) is 42.2 Å². The van der Waals surface area contributed by atoms with E-state index in [-0.39, 0.29) is 24.4 Å². The van der Waals surface area contributed by atoms with Gasteiger partial charge in [0, 0.05) is 26.2 Å². The predicted octanol–water partition coefficient (Wildman–Crippen LogP) is 1.07. The number of carbonyl (C=O) groups excluding carboxylic acids is 1. The number of nitrogens with zero attached hydrogens (tertiary/aromatic N) is 2. The first-order chi connectivity index (χ1) is 8.99. The van der Waals surface area contributed by atoms with Gasteiger partial charge in [0.05, 0.1) is 0 Å². The Morgan fingerprint density at radius 1 is 1.63 bits per heavy atom. The average Bonchev–Trinajstić information content (AvgIpc) is 2.77. The normalized spacial score (nSPS) is 12.2. The third-order valence-corrected chi connectivity index (χ3v) is 4.01. The standard InChI is InChI=1S/C12H22N4O2S/c1-4-16(3)12-15-10(13)9(19-12)11(18)14-8(2)6-5-7-17/h8,17H,4-7,13H2,1-3H3,(H,14,18). The van der Waals surface area contributed by atoms with E-state index >= 15 is 0 Å². The molecule has 1 aromatic heterocycles. The van der Waals surface area contributed by atoms with Gasteiger partial charge in [0.25, 0.3) is 5.91 Å². The number of aliphatic hydroxyl groups is 1. The molecule has 7 heteroatoms. The first-order valence-electron chi connectivity index (χ1n) is 6.38. The average molecular weight is 286 g/mol. The van der Waals surface area contributed by atoms with E-state index in [1.165, 1.54) is 11.3 Å². The number of anilines is 2. The zero-order chi connectivity index (χ0) is 14.4. The molecule has 1 aromatic rings. The highest BCUT2D eigenvalue weighted by molar-refractivity contribution is 7.18. The second kappa shape index (κ2) is 7.30. The quantitative estimate of drug-likeness (QED) is 0.697. The number of hydrogen-bond donors (Lipinski definition) is 3. The molecular weight excluding hydrogens is 264 g/mol. The van der Waals surface area contributed by atoms with Crippen LogP contribution in [0.5, 0.6) is 0 Å². The van der Waals surface area contributed by atoms with Gasteiger partial charge in [-0.25, -0.2) is 4.98 Å². The van der Waals surface area contributed by atoms with Crippen LogP contribution in [0.25, 0.3) is 0 Å². The molecule has 0 bridgehead atoms. The van der Waals surface area contributed by atoms with Crippen LogP contribution < -0.4 is 16.0 Å². The van der Waals surface area contributed by atoms with Crippen LogP contribution in [0, 0.1) is 0 Å². The van der Waals surface area contributed by atoms with Crippen molar-refractivity contribution in [2.45, 2.75) is 32.7 Å². The second-order valence-corrected chi connectivity index (χ2v) is 5.44. The van der Waals surface area contributed by atoms with Crippen LogP contribution >= 0.6 is 11.3 Å². The van der Waals surface area contributed by atoms with Gasteiger partial charge in [-0.2, -0.15) is 0 Å². The molecule has 0 fully saturated rings. The van der Waals surface area contributed by atoms with E-state index < -0.39 is 0 Å². The number of aromatic nitrogens is 1. The van der Waals surface area contributed by atoms with Crippen molar-refractivity contribution >= 4 is 28.2 Å². The number of carbonyl (C=O) groups is 1. The maximum absolute atomic E-state index is 12.1. The van der Waals surface area contributed by atoms with Gasteiger partial charge in [-0.3, -0.25) is 4.79 Å². The smallest absolute Gasteiger partial charge is 0.265 e. The summed E-state index contributed by atoms with van der Waals surface area (Å²) in [6.07, 6.45) is 1.41. The lowest BCUT2D eigenvalue weighted by Crippen LogP contribution is -2.32. The van der Waals surface area contributed by atoms with E-state index in [9.17, 15) is 4.79 Å². The predicted molar refractivity (Wildman–Crippen MR) is 78.7 cm³/mol. The Labute approximate surface area is 117 Å². The highest BCUT2D eigenvalue weighted by Crippen LogP contribution is 2.27. The van der Waals surface area contributed by atoms with Crippen LogP contribution in [0.2, 0.25) is 0 Å². The number of amides is 1. The zero-order valence-electron chi connectivity index (χ0n) is 11.6. The second-order valence-electron chi connectivity index (χ2n) is 4.47. The monoisotopic (exact) mass is 286 g/mol. The number of nitrogens with one attached hydrogen (secondary N) is 1. The number of rotatable bonds is 7. The molecule has 0 spiro atoms. The Morgan fingerprint density at radius 2 is 2.32 bits per heavy atom. The number of aliphatic hydroxyl groups excluding tert-OH is 1. The van der Waals surface area contributed by atoms with Crippen molar-refractivity contribution in [3.63, 3.8) is 0 Å². The summed E-state index contributed by atoms with van der Waals surface area (Å²) in [5.41, 5.74) is 5.78. The summed E-state index contributed by atoms with van der Waals surface area (Å²) in [6.45, 7) is 4.85. The van der Waals surface area contributed by atoms with Gasteiger partial charge in [-0.05, 0) is 26.7 Å². The lowest BCUT2D eigenvalue weighted by molar-refractivity contribution is 0.0941. The van der Waals surface area contributed by atoms with Crippen molar-refractivity contribution < 1.29 is 9.90 Å². The van der Waals surface area contributed by atoms with Crippen LogP contribution in [0.1, 0.15) is 36.4 Å². The molecule has 1 unspecified atom stereocenters. The molecule has 19 heavy (non-hydrogen) atoms. The maximum atomic E-state index is 12.1. The number of thiazole rings is 1. The summed E-state index contributed by atoms with van der Waals surface area (Å²) >= 11 is 1.29. The zero-order valence-corrected chi connectivity index (χ0v) is 12.5. The molecule has 0 saturated carbocycles. The van der Waals surface area contributed by atoms with Crippen molar-refractivity contribution in [1.29, 1.82) is 0 Å². The molecule has 0 aliphatic carbocycles. The third kappa shape index (κ3) is 4.36. The minimum absolute atomic E-state index is 0.00787. The van der Waals surface area contributed by atoms with E-state index in [1.807, 2.05) is 25.8 Å². The number of hydrogen-bond acceptors (Lipinski definition) is 6. The van der Waals surface area contributed by atoms with E-state index in [4.69, 9.17) is 10.8 Å². The Hall–Kier alpha value is -1.34. The Kier molecular flexibility index (Phi) is 6.04. The fourth-order valence-corrected chi connectivity index (χ4v) is 2.45. The molecular formula is C12H22N4O2S.